The lowest BCUT2D eigenvalue weighted by molar-refractivity contribution is -0.116. The highest BCUT2D eigenvalue weighted by Crippen LogP contribution is 2.47. The minimum atomic E-state index is 0.252. The van der Waals surface area contributed by atoms with Gasteiger partial charge >= 0.3 is 0 Å². The van der Waals surface area contributed by atoms with Crippen LogP contribution in [0.5, 0.6) is 0 Å². The van der Waals surface area contributed by atoms with E-state index in [1.54, 1.807) is 0 Å². The molecule has 0 fully saturated rings. The summed E-state index contributed by atoms with van der Waals surface area (Å²) in [7, 11) is 0. The van der Waals surface area contributed by atoms with E-state index in [1.807, 2.05) is 36.4 Å². The van der Waals surface area contributed by atoms with Crippen LogP contribution in [0.4, 0.5) is 5.69 Å². The first-order chi connectivity index (χ1) is 11.3. The molecule has 110 valence electrons. The third-order valence-corrected chi connectivity index (χ3v) is 5.03. The molecule has 1 aliphatic heterocycles. The Morgan fingerprint density at radius 1 is 0.913 bits per heavy atom. The van der Waals surface area contributed by atoms with Gasteiger partial charge in [0.1, 0.15) is 0 Å². The summed E-state index contributed by atoms with van der Waals surface area (Å²) in [6, 6.07) is 18.5. The molecule has 5 rings (SSSR count). The molecule has 0 bridgehead atoms. The second-order valence-corrected chi connectivity index (χ2v) is 6.37. The van der Waals surface area contributed by atoms with E-state index in [0.29, 0.717) is 6.42 Å². The third kappa shape index (κ3) is 1.81. The van der Waals surface area contributed by atoms with Gasteiger partial charge in [0.25, 0.3) is 0 Å². The van der Waals surface area contributed by atoms with Gasteiger partial charge in [-0.05, 0) is 35.6 Å². The first kappa shape index (κ1) is 12.8. The highest BCUT2D eigenvalue weighted by Gasteiger charge is 2.37. The second kappa shape index (κ2) is 4.63. The van der Waals surface area contributed by atoms with Crippen LogP contribution in [-0.4, -0.2) is 11.5 Å². The van der Waals surface area contributed by atoms with Crippen molar-refractivity contribution in [3.05, 3.63) is 82.9 Å². The van der Waals surface area contributed by atoms with Gasteiger partial charge in [0.15, 0.2) is 5.78 Å². The number of Topliss-reactive ketones (excluding diaryl/α,β-unsaturated/α-hetero) is 1. The number of nitrogens with zero attached hydrogens (tertiary/aromatic N) is 1. The molecule has 3 aliphatic rings. The zero-order valence-electron chi connectivity index (χ0n) is 12.6. The summed E-state index contributed by atoms with van der Waals surface area (Å²) in [4.78, 5) is 17.4. The number of benzene rings is 2. The maximum Gasteiger partial charge on any atom is 0.163 e. The van der Waals surface area contributed by atoms with E-state index in [4.69, 9.17) is 4.99 Å². The summed E-state index contributed by atoms with van der Waals surface area (Å²) in [5.74, 6) is 0.517. The minimum Gasteiger partial charge on any atom is -0.294 e. The van der Waals surface area contributed by atoms with Gasteiger partial charge in [0.2, 0.25) is 0 Å². The van der Waals surface area contributed by atoms with E-state index in [2.05, 4.69) is 24.3 Å². The largest absolute Gasteiger partial charge is 0.294 e. The van der Waals surface area contributed by atoms with Crippen LogP contribution in [0.25, 0.3) is 5.57 Å². The molecule has 0 N–H and O–H groups in total. The van der Waals surface area contributed by atoms with Gasteiger partial charge in [-0.15, -0.1) is 0 Å². The molecule has 0 amide bonds. The number of ketones is 1. The molecule has 0 aromatic heterocycles. The van der Waals surface area contributed by atoms with E-state index in [0.717, 1.165) is 40.1 Å². The van der Waals surface area contributed by atoms with Gasteiger partial charge in [0.05, 0.1) is 11.4 Å². The van der Waals surface area contributed by atoms with Crippen molar-refractivity contribution in [2.75, 3.05) is 0 Å². The molecule has 2 aromatic carbocycles. The van der Waals surface area contributed by atoms with Crippen molar-refractivity contribution in [3.63, 3.8) is 0 Å². The van der Waals surface area contributed by atoms with E-state index < -0.39 is 0 Å². The Kier molecular flexibility index (Phi) is 2.57. The number of aliphatic imine (C=N–C) groups is 1. The summed E-state index contributed by atoms with van der Waals surface area (Å²) < 4.78 is 0. The maximum absolute atomic E-state index is 12.6. The molecule has 0 radical (unpaired) electrons. The highest BCUT2D eigenvalue weighted by atomic mass is 16.1. The van der Waals surface area contributed by atoms with Gasteiger partial charge in [-0.25, -0.2) is 4.99 Å². The normalized spacial score (nSPS) is 21.6. The predicted molar refractivity (Wildman–Crippen MR) is 92.0 cm³/mol. The Labute approximate surface area is 134 Å². The second-order valence-electron chi connectivity index (χ2n) is 6.37. The molecule has 2 aliphatic carbocycles. The molecule has 1 heterocycles. The van der Waals surface area contributed by atoms with Crippen LogP contribution in [0.15, 0.2) is 76.8 Å². The Morgan fingerprint density at radius 2 is 1.70 bits per heavy atom. The standard InChI is InChI=1S/C21H15NO/c23-20-11-14(13-6-2-1-3-7-13)10-17-16(20)12-18-15-8-4-5-9-19(15)22-21(17)18/h1-9,12,14H,10-11H2/t14-/m0/s1. The average Bonchev–Trinajstić information content (AvgIpc) is 3.13. The molecular weight excluding hydrogens is 282 g/mol. The van der Waals surface area contributed by atoms with Crippen LogP contribution in [0, 0.1) is 0 Å². The van der Waals surface area contributed by atoms with Crippen molar-refractivity contribution in [3.8, 4) is 0 Å². The predicted octanol–water partition coefficient (Wildman–Crippen LogP) is 4.61. The smallest absolute Gasteiger partial charge is 0.163 e. The Morgan fingerprint density at radius 3 is 2.57 bits per heavy atom. The zero-order chi connectivity index (χ0) is 15.4. The number of carbonyl (C=O) groups excluding carboxylic acids is 1. The summed E-state index contributed by atoms with van der Waals surface area (Å²) in [5, 5.41) is 0. The summed E-state index contributed by atoms with van der Waals surface area (Å²) in [5.41, 5.74) is 7.61. The van der Waals surface area contributed by atoms with Gasteiger partial charge in [0, 0.05) is 23.1 Å². The monoisotopic (exact) mass is 297 g/mol. The number of rotatable bonds is 1. The van der Waals surface area contributed by atoms with Crippen LogP contribution in [0.3, 0.4) is 0 Å². The first-order valence-electron chi connectivity index (χ1n) is 8.03. The zero-order valence-corrected chi connectivity index (χ0v) is 12.6. The number of para-hydroxylation sites is 1. The Bertz CT molecular complexity index is 931. The molecule has 2 aromatic rings. The highest BCUT2D eigenvalue weighted by molar-refractivity contribution is 6.41. The Hall–Kier alpha value is -2.74. The number of fused-ring (bicyclic) bond motifs is 4. The van der Waals surface area contributed by atoms with Gasteiger partial charge < -0.3 is 0 Å². The number of carbonyl (C=O) groups is 1. The van der Waals surface area contributed by atoms with Crippen LogP contribution >= 0.6 is 0 Å². The van der Waals surface area contributed by atoms with Gasteiger partial charge in [-0.1, -0.05) is 48.5 Å². The van der Waals surface area contributed by atoms with Crippen LogP contribution in [0.2, 0.25) is 0 Å². The van der Waals surface area contributed by atoms with Crippen molar-refractivity contribution >= 4 is 22.8 Å². The van der Waals surface area contributed by atoms with Crippen LogP contribution < -0.4 is 0 Å². The van der Waals surface area contributed by atoms with Crippen molar-refractivity contribution in [2.45, 2.75) is 18.8 Å². The molecule has 0 saturated heterocycles. The maximum atomic E-state index is 12.6. The minimum absolute atomic E-state index is 0.252. The molecule has 2 nitrogen and oxygen atoms in total. The fourth-order valence-electron chi connectivity index (χ4n) is 3.91. The van der Waals surface area contributed by atoms with Crippen molar-refractivity contribution in [2.24, 2.45) is 4.99 Å². The van der Waals surface area contributed by atoms with Crippen molar-refractivity contribution in [1.82, 2.24) is 0 Å². The molecule has 23 heavy (non-hydrogen) atoms. The summed E-state index contributed by atoms with van der Waals surface area (Å²) in [6.07, 6.45) is 3.56. The summed E-state index contributed by atoms with van der Waals surface area (Å²) in [6.45, 7) is 0. The first-order valence-corrected chi connectivity index (χ1v) is 8.03. The molecule has 2 heteroatoms. The van der Waals surface area contributed by atoms with Crippen LogP contribution in [0.1, 0.15) is 29.9 Å². The van der Waals surface area contributed by atoms with Crippen LogP contribution in [-0.2, 0) is 4.79 Å². The van der Waals surface area contributed by atoms with Crippen molar-refractivity contribution < 1.29 is 4.79 Å². The number of allylic oxidation sites excluding steroid dienone is 4. The van der Waals surface area contributed by atoms with E-state index in [-0.39, 0.29) is 11.7 Å². The quantitative estimate of drug-likeness (QED) is 0.755. The van der Waals surface area contributed by atoms with E-state index >= 15 is 0 Å². The van der Waals surface area contributed by atoms with E-state index in [1.165, 1.54) is 5.56 Å². The fraction of sp³-hybridized carbons (Fsp3) is 0.143. The molecule has 0 saturated carbocycles. The van der Waals surface area contributed by atoms with Gasteiger partial charge in [-0.3, -0.25) is 4.79 Å². The molecular formula is C21H15NO. The average molecular weight is 297 g/mol. The van der Waals surface area contributed by atoms with Gasteiger partial charge in [-0.2, -0.15) is 0 Å². The lowest BCUT2D eigenvalue weighted by atomic mass is 9.80. The molecule has 0 spiro atoms. The fourth-order valence-corrected chi connectivity index (χ4v) is 3.91. The SMILES string of the molecule is O=C1C[C@@H](c2ccccc2)CC2=C1C=C1C2=Nc2ccccc21. The molecule has 0 unspecified atom stereocenters. The lowest BCUT2D eigenvalue weighted by Crippen LogP contribution is -2.18. The third-order valence-electron chi connectivity index (χ3n) is 5.03. The van der Waals surface area contributed by atoms with E-state index in [9.17, 15) is 4.79 Å². The number of hydrogen-bond donors (Lipinski definition) is 0. The lowest BCUT2D eigenvalue weighted by Gasteiger charge is -2.23. The summed E-state index contributed by atoms with van der Waals surface area (Å²) >= 11 is 0. The van der Waals surface area contributed by atoms with Crippen molar-refractivity contribution in [1.29, 1.82) is 0 Å². The topological polar surface area (TPSA) is 29.4 Å². The molecule has 1 atom stereocenters. The Balaban J connectivity index is 1.57. The number of hydrogen-bond acceptors (Lipinski definition) is 2.